The number of methoxy groups -OCH3 is 1. The van der Waals surface area contributed by atoms with Crippen LogP contribution in [0.25, 0.3) is 0 Å². The van der Waals surface area contributed by atoms with Gasteiger partial charge in [-0.3, -0.25) is 4.79 Å². The van der Waals surface area contributed by atoms with Crippen molar-refractivity contribution in [3.63, 3.8) is 0 Å². The molecule has 1 amide bonds. The summed E-state index contributed by atoms with van der Waals surface area (Å²) in [5.41, 5.74) is 1.64. The highest BCUT2D eigenvalue weighted by Gasteiger charge is 2.39. The van der Waals surface area contributed by atoms with E-state index in [1.807, 2.05) is 55.5 Å². The Morgan fingerprint density at radius 3 is 2.67 bits per heavy atom. The molecule has 5 nitrogen and oxygen atoms in total. The SMILES string of the molecule is COCC1(C(=O)NCc2ccccc2Oc2cccc(C)c2)CCNCC1. The first-order chi connectivity index (χ1) is 13.1. The predicted molar refractivity (Wildman–Crippen MR) is 106 cm³/mol. The van der Waals surface area contributed by atoms with Crippen LogP contribution < -0.4 is 15.4 Å². The van der Waals surface area contributed by atoms with E-state index in [-0.39, 0.29) is 5.91 Å². The predicted octanol–water partition coefficient (Wildman–Crippen LogP) is 3.42. The van der Waals surface area contributed by atoms with E-state index in [2.05, 4.69) is 10.6 Å². The van der Waals surface area contributed by atoms with Gasteiger partial charge in [0.05, 0.1) is 12.0 Å². The molecule has 0 unspecified atom stereocenters. The van der Waals surface area contributed by atoms with E-state index in [1.165, 1.54) is 0 Å². The van der Waals surface area contributed by atoms with Crippen molar-refractivity contribution < 1.29 is 14.3 Å². The highest BCUT2D eigenvalue weighted by atomic mass is 16.5. The van der Waals surface area contributed by atoms with Crippen molar-refractivity contribution >= 4 is 5.91 Å². The molecule has 2 aromatic rings. The van der Waals surface area contributed by atoms with Crippen LogP contribution >= 0.6 is 0 Å². The second kappa shape index (κ2) is 9.02. The molecule has 0 bridgehead atoms. The lowest BCUT2D eigenvalue weighted by Gasteiger charge is -2.35. The van der Waals surface area contributed by atoms with Crippen LogP contribution in [0.1, 0.15) is 24.0 Å². The molecule has 144 valence electrons. The highest BCUT2D eigenvalue weighted by molar-refractivity contribution is 5.83. The number of rotatable bonds is 7. The average Bonchev–Trinajstić information content (AvgIpc) is 2.68. The Bertz CT molecular complexity index is 764. The molecule has 0 aliphatic carbocycles. The number of para-hydroxylation sites is 1. The average molecular weight is 368 g/mol. The fourth-order valence-corrected chi connectivity index (χ4v) is 3.54. The van der Waals surface area contributed by atoms with Crippen molar-refractivity contribution in [1.82, 2.24) is 10.6 Å². The zero-order valence-electron chi connectivity index (χ0n) is 16.1. The van der Waals surface area contributed by atoms with E-state index in [9.17, 15) is 4.79 Å². The van der Waals surface area contributed by atoms with Crippen LogP contribution in [-0.2, 0) is 16.1 Å². The molecule has 0 aromatic heterocycles. The summed E-state index contributed by atoms with van der Waals surface area (Å²) in [5.74, 6) is 1.61. The fourth-order valence-electron chi connectivity index (χ4n) is 3.54. The number of carbonyl (C=O) groups is 1. The third-order valence-electron chi connectivity index (χ3n) is 5.09. The number of piperidine rings is 1. The van der Waals surface area contributed by atoms with E-state index >= 15 is 0 Å². The number of nitrogens with one attached hydrogen (secondary N) is 2. The summed E-state index contributed by atoms with van der Waals surface area (Å²) in [7, 11) is 1.65. The van der Waals surface area contributed by atoms with Gasteiger partial charge in [-0.15, -0.1) is 0 Å². The normalized spacial score (nSPS) is 15.9. The number of aryl methyl sites for hydroxylation is 1. The van der Waals surface area contributed by atoms with Crippen LogP contribution in [0.15, 0.2) is 48.5 Å². The summed E-state index contributed by atoms with van der Waals surface area (Å²) in [6.07, 6.45) is 1.57. The van der Waals surface area contributed by atoms with E-state index in [4.69, 9.17) is 9.47 Å². The first kappa shape index (κ1) is 19.4. The van der Waals surface area contributed by atoms with E-state index in [1.54, 1.807) is 7.11 Å². The molecule has 1 aliphatic heterocycles. The first-order valence-corrected chi connectivity index (χ1v) is 9.43. The maximum absolute atomic E-state index is 12.9. The van der Waals surface area contributed by atoms with Gasteiger partial charge in [-0.1, -0.05) is 30.3 Å². The molecule has 3 rings (SSSR count). The van der Waals surface area contributed by atoms with Crippen LogP contribution in [-0.4, -0.2) is 32.7 Å². The monoisotopic (exact) mass is 368 g/mol. The van der Waals surface area contributed by atoms with Crippen LogP contribution in [0.3, 0.4) is 0 Å². The summed E-state index contributed by atoms with van der Waals surface area (Å²) in [6.45, 7) is 4.59. The highest BCUT2D eigenvalue weighted by Crippen LogP contribution is 2.30. The summed E-state index contributed by atoms with van der Waals surface area (Å²) >= 11 is 0. The van der Waals surface area contributed by atoms with Gasteiger partial charge in [-0.05, 0) is 56.6 Å². The number of benzene rings is 2. The molecule has 1 fully saturated rings. The van der Waals surface area contributed by atoms with Crippen LogP contribution in [0, 0.1) is 12.3 Å². The van der Waals surface area contributed by atoms with Crippen LogP contribution in [0.5, 0.6) is 11.5 Å². The van der Waals surface area contributed by atoms with Gasteiger partial charge in [-0.2, -0.15) is 0 Å². The Balaban J connectivity index is 1.69. The lowest BCUT2D eigenvalue weighted by atomic mass is 9.78. The van der Waals surface area contributed by atoms with Crippen LogP contribution in [0.2, 0.25) is 0 Å². The number of ether oxygens (including phenoxy) is 2. The third-order valence-corrected chi connectivity index (χ3v) is 5.09. The van der Waals surface area contributed by atoms with Gasteiger partial charge < -0.3 is 20.1 Å². The van der Waals surface area contributed by atoms with E-state index in [0.29, 0.717) is 13.2 Å². The zero-order chi connectivity index (χ0) is 19.1. The summed E-state index contributed by atoms with van der Waals surface area (Å²) in [5, 5.41) is 6.42. The molecular weight excluding hydrogens is 340 g/mol. The zero-order valence-corrected chi connectivity index (χ0v) is 16.1. The third kappa shape index (κ3) is 4.87. The summed E-state index contributed by atoms with van der Waals surface area (Å²) < 4.78 is 11.4. The van der Waals surface area contributed by atoms with Crippen molar-refractivity contribution in [2.45, 2.75) is 26.3 Å². The minimum absolute atomic E-state index is 0.0520. The van der Waals surface area contributed by atoms with Gasteiger partial charge in [0, 0.05) is 19.2 Å². The maximum atomic E-state index is 12.9. The van der Waals surface area contributed by atoms with E-state index < -0.39 is 5.41 Å². The van der Waals surface area contributed by atoms with Gasteiger partial charge in [0.1, 0.15) is 11.5 Å². The van der Waals surface area contributed by atoms with Gasteiger partial charge >= 0.3 is 0 Å². The Labute approximate surface area is 161 Å². The molecule has 27 heavy (non-hydrogen) atoms. The maximum Gasteiger partial charge on any atom is 0.228 e. The Hall–Kier alpha value is -2.37. The Kier molecular flexibility index (Phi) is 6.48. The lowest BCUT2D eigenvalue weighted by molar-refractivity contribution is -0.136. The van der Waals surface area contributed by atoms with Crippen LogP contribution in [0.4, 0.5) is 0 Å². The van der Waals surface area contributed by atoms with Crippen molar-refractivity contribution in [2.75, 3.05) is 26.8 Å². The van der Waals surface area contributed by atoms with Crippen molar-refractivity contribution in [3.05, 3.63) is 59.7 Å². The van der Waals surface area contributed by atoms with Gasteiger partial charge in [-0.25, -0.2) is 0 Å². The molecule has 1 saturated heterocycles. The largest absolute Gasteiger partial charge is 0.457 e. The van der Waals surface area contributed by atoms with Crippen molar-refractivity contribution in [1.29, 1.82) is 0 Å². The smallest absolute Gasteiger partial charge is 0.228 e. The summed E-state index contributed by atoms with van der Waals surface area (Å²) in [4.78, 5) is 12.9. The van der Waals surface area contributed by atoms with Crippen molar-refractivity contribution in [3.8, 4) is 11.5 Å². The molecule has 0 spiro atoms. The molecule has 1 heterocycles. The number of hydrogen-bond acceptors (Lipinski definition) is 4. The molecule has 0 saturated carbocycles. The molecule has 0 atom stereocenters. The van der Waals surface area contributed by atoms with Gasteiger partial charge in [0.25, 0.3) is 0 Å². The minimum atomic E-state index is -0.452. The molecule has 5 heteroatoms. The second-order valence-electron chi connectivity index (χ2n) is 7.17. The topological polar surface area (TPSA) is 59.6 Å². The molecular formula is C22H28N2O3. The van der Waals surface area contributed by atoms with E-state index in [0.717, 1.165) is 48.6 Å². The minimum Gasteiger partial charge on any atom is -0.457 e. The fraction of sp³-hybridized carbons (Fsp3) is 0.409. The molecule has 2 N–H and O–H groups in total. The number of hydrogen-bond donors (Lipinski definition) is 2. The Morgan fingerprint density at radius 2 is 1.93 bits per heavy atom. The van der Waals surface area contributed by atoms with Gasteiger partial charge in [0.2, 0.25) is 5.91 Å². The standard InChI is InChI=1S/C22H28N2O3/c1-17-6-5-8-19(14-17)27-20-9-4-3-7-18(20)15-24-21(25)22(16-26-2)10-12-23-13-11-22/h3-9,14,23H,10-13,15-16H2,1-2H3,(H,24,25). The summed E-state index contributed by atoms with van der Waals surface area (Å²) in [6, 6.07) is 15.8. The molecule has 2 aromatic carbocycles. The number of carbonyl (C=O) groups excluding carboxylic acids is 1. The Morgan fingerprint density at radius 1 is 1.15 bits per heavy atom. The number of amides is 1. The van der Waals surface area contributed by atoms with Crippen molar-refractivity contribution in [2.24, 2.45) is 5.41 Å². The quantitative estimate of drug-likeness (QED) is 0.786. The van der Waals surface area contributed by atoms with Gasteiger partial charge in [0.15, 0.2) is 0 Å². The molecule has 0 radical (unpaired) electrons. The second-order valence-corrected chi connectivity index (χ2v) is 7.17. The molecule has 1 aliphatic rings. The first-order valence-electron chi connectivity index (χ1n) is 9.43. The lowest BCUT2D eigenvalue weighted by Crippen LogP contribution is -2.49.